The lowest BCUT2D eigenvalue weighted by atomic mass is 9.98. The molecule has 1 saturated heterocycles. The van der Waals surface area contributed by atoms with Gasteiger partial charge in [-0.25, -0.2) is 0 Å². The number of nitrogens with one attached hydrogen (secondary N) is 1. The van der Waals surface area contributed by atoms with Crippen molar-refractivity contribution >= 4 is 13.2 Å². The van der Waals surface area contributed by atoms with Crippen LogP contribution in [-0.4, -0.2) is 17.7 Å². The predicted molar refractivity (Wildman–Crippen MR) is 60.3 cm³/mol. The molecule has 0 radical (unpaired) electrons. The average molecular weight is 190 g/mol. The van der Waals surface area contributed by atoms with E-state index in [1.165, 1.54) is 12.8 Å². The first-order valence-corrected chi connectivity index (χ1v) is 5.31. The summed E-state index contributed by atoms with van der Waals surface area (Å²) < 4.78 is 2.23. The topological polar surface area (TPSA) is 17.0 Å². The summed E-state index contributed by atoms with van der Waals surface area (Å²) in [6.45, 7) is 11.4. The summed E-state index contributed by atoms with van der Waals surface area (Å²) in [7, 11) is 0. The molecule has 1 aliphatic rings. The third-order valence-corrected chi connectivity index (χ3v) is 3.06. The quantitative estimate of drug-likeness (QED) is 0.710. The van der Waals surface area contributed by atoms with Gasteiger partial charge in [0.25, 0.3) is 0 Å². The first-order chi connectivity index (χ1) is 6.77. The van der Waals surface area contributed by atoms with Gasteiger partial charge in [0, 0.05) is 17.2 Å². The Morgan fingerprint density at radius 3 is 2.36 bits per heavy atom. The number of piperidine rings is 1. The van der Waals surface area contributed by atoms with Crippen molar-refractivity contribution in [2.24, 2.45) is 5.92 Å². The minimum absolute atomic E-state index is 0.796. The second-order valence-electron chi connectivity index (χ2n) is 4.12. The van der Waals surface area contributed by atoms with Crippen LogP contribution in [-0.2, 0) is 6.54 Å². The van der Waals surface area contributed by atoms with Crippen molar-refractivity contribution in [2.45, 2.75) is 19.4 Å². The maximum atomic E-state index is 4.01. The van der Waals surface area contributed by atoms with Gasteiger partial charge in [0.05, 0.1) is 0 Å². The number of aromatic nitrogens is 1. The zero-order valence-electron chi connectivity index (χ0n) is 8.63. The Morgan fingerprint density at radius 1 is 1.21 bits per heavy atom. The Labute approximate surface area is 84.9 Å². The minimum Gasteiger partial charge on any atom is -0.342 e. The summed E-state index contributed by atoms with van der Waals surface area (Å²) in [5, 5.41) is 5.57. The molecular weight excluding hydrogens is 172 g/mol. The summed E-state index contributed by atoms with van der Waals surface area (Å²) in [4.78, 5) is 0. The normalized spacial score (nSPS) is 18.6. The number of rotatable bonds is 2. The van der Waals surface area contributed by atoms with E-state index in [1.54, 1.807) is 0 Å². The van der Waals surface area contributed by atoms with Crippen LogP contribution < -0.4 is 16.0 Å². The van der Waals surface area contributed by atoms with Crippen LogP contribution >= 0.6 is 0 Å². The van der Waals surface area contributed by atoms with Crippen molar-refractivity contribution < 1.29 is 0 Å². The van der Waals surface area contributed by atoms with E-state index in [0.29, 0.717) is 0 Å². The van der Waals surface area contributed by atoms with E-state index < -0.39 is 0 Å². The van der Waals surface area contributed by atoms with E-state index in [-0.39, 0.29) is 0 Å². The van der Waals surface area contributed by atoms with Crippen molar-refractivity contribution in [3.8, 4) is 0 Å². The highest BCUT2D eigenvalue weighted by molar-refractivity contribution is 5.08. The fourth-order valence-electron chi connectivity index (χ4n) is 2.11. The van der Waals surface area contributed by atoms with Crippen LogP contribution in [0, 0.1) is 5.92 Å². The van der Waals surface area contributed by atoms with Crippen molar-refractivity contribution in [1.29, 1.82) is 0 Å². The molecule has 0 aliphatic carbocycles. The Kier molecular flexibility index (Phi) is 2.73. The van der Waals surface area contributed by atoms with Gasteiger partial charge in [0.15, 0.2) is 0 Å². The van der Waals surface area contributed by atoms with Gasteiger partial charge in [-0.2, -0.15) is 0 Å². The monoisotopic (exact) mass is 190 g/mol. The Bertz CT molecular complexity index is 357. The first kappa shape index (κ1) is 9.53. The van der Waals surface area contributed by atoms with Crippen molar-refractivity contribution in [2.75, 3.05) is 13.1 Å². The standard InChI is InChI=1S/C12H18N2/c1-10-3-4-11(2)14(10)9-12-5-7-13-8-6-12/h3-4,12-13H,1-2,5-9H2. The zero-order valence-corrected chi connectivity index (χ0v) is 8.63. The third kappa shape index (κ3) is 1.90. The smallest absolute Gasteiger partial charge is 0.0338 e. The molecule has 14 heavy (non-hydrogen) atoms. The molecule has 0 aromatic carbocycles. The van der Waals surface area contributed by atoms with Gasteiger partial charge < -0.3 is 9.88 Å². The lowest BCUT2D eigenvalue weighted by molar-refractivity contribution is 0.329. The summed E-state index contributed by atoms with van der Waals surface area (Å²) >= 11 is 0. The second kappa shape index (κ2) is 4.01. The van der Waals surface area contributed by atoms with Gasteiger partial charge in [-0.1, -0.05) is 13.2 Å². The van der Waals surface area contributed by atoms with Crippen LogP contribution in [0.15, 0.2) is 12.1 Å². The lowest BCUT2D eigenvalue weighted by Gasteiger charge is -2.23. The summed E-state index contributed by atoms with van der Waals surface area (Å²) in [5.41, 5.74) is 0. The molecular formula is C12H18N2. The molecule has 2 heteroatoms. The van der Waals surface area contributed by atoms with Crippen molar-refractivity contribution in [3.05, 3.63) is 22.8 Å². The fourth-order valence-corrected chi connectivity index (χ4v) is 2.11. The number of hydrogen-bond donors (Lipinski definition) is 1. The number of hydrogen-bond acceptors (Lipinski definition) is 1. The molecule has 1 fully saturated rings. The molecule has 2 nitrogen and oxygen atoms in total. The third-order valence-electron chi connectivity index (χ3n) is 3.06. The van der Waals surface area contributed by atoms with Gasteiger partial charge in [-0.05, 0) is 44.0 Å². The Balaban J connectivity index is 2.09. The van der Waals surface area contributed by atoms with Crippen LogP contribution in [0.4, 0.5) is 0 Å². The van der Waals surface area contributed by atoms with Crippen LogP contribution in [0.1, 0.15) is 12.8 Å². The maximum absolute atomic E-state index is 4.01. The highest BCUT2D eigenvalue weighted by Gasteiger charge is 2.13. The summed E-state index contributed by atoms with van der Waals surface area (Å²) in [6, 6.07) is 4.09. The molecule has 0 bridgehead atoms. The van der Waals surface area contributed by atoms with E-state index in [9.17, 15) is 0 Å². The van der Waals surface area contributed by atoms with Gasteiger partial charge in [0.1, 0.15) is 0 Å². The van der Waals surface area contributed by atoms with E-state index in [1.807, 2.05) is 12.1 Å². The second-order valence-corrected chi connectivity index (χ2v) is 4.12. The summed E-state index contributed by atoms with van der Waals surface area (Å²) in [6.07, 6.45) is 2.55. The molecule has 1 aromatic rings. The molecule has 0 spiro atoms. The van der Waals surface area contributed by atoms with Crippen LogP contribution in [0.25, 0.3) is 13.2 Å². The number of nitrogens with zero attached hydrogens (tertiary/aromatic N) is 1. The largest absolute Gasteiger partial charge is 0.342 e. The molecule has 0 atom stereocenters. The van der Waals surface area contributed by atoms with E-state index in [0.717, 1.165) is 36.3 Å². The first-order valence-electron chi connectivity index (χ1n) is 5.31. The van der Waals surface area contributed by atoms with Crippen molar-refractivity contribution in [1.82, 2.24) is 9.88 Å². The van der Waals surface area contributed by atoms with Gasteiger partial charge in [0.2, 0.25) is 0 Å². The van der Waals surface area contributed by atoms with Gasteiger partial charge in [-0.3, -0.25) is 0 Å². The van der Waals surface area contributed by atoms with Crippen LogP contribution in [0.3, 0.4) is 0 Å². The lowest BCUT2D eigenvalue weighted by Crippen LogP contribution is -2.34. The van der Waals surface area contributed by atoms with Crippen molar-refractivity contribution in [3.63, 3.8) is 0 Å². The Morgan fingerprint density at radius 2 is 1.79 bits per heavy atom. The van der Waals surface area contributed by atoms with Crippen LogP contribution in [0.5, 0.6) is 0 Å². The molecule has 0 saturated carbocycles. The van der Waals surface area contributed by atoms with E-state index >= 15 is 0 Å². The van der Waals surface area contributed by atoms with E-state index in [4.69, 9.17) is 0 Å². The highest BCUT2D eigenvalue weighted by atomic mass is 15.0. The average Bonchev–Trinajstić information content (AvgIpc) is 2.51. The summed E-state index contributed by atoms with van der Waals surface area (Å²) in [5.74, 6) is 0.796. The molecule has 2 heterocycles. The molecule has 76 valence electrons. The van der Waals surface area contributed by atoms with Gasteiger partial charge >= 0.3 is 0 Å². The molecule has 0 unspecified atom stereocenters. The van der Waals surface area contributed by atoms with Gasteiger partial charge in [-0.15, -0.1) is 0 Å². The minimum atomic E-state index is 0.796. The van der Waals surface area contributed by atoms with E-state index in [2.05, 4.69) is 23.0 Å². The highest BCUT2D eigenvalue weighted by Crippen LogP contribution is 2.12. The SMILES string of the molecule is C=c1ccc(=C)n1CC1CCNCC1. The molecule has 0 amide bonds. The molecule has 1 N–H and O–H groups in total. The maximum Gasteiger partial charge on any atom is 0.0338 e. The zero-order chi connectivity index (χ0) is 9.97. The predicted octanol–water partition coefficient (Wildman–Crippen LogP) is 0.308. The fraction of sp³-hybridized carbons (Fsp3) is 0.500. The Hall–Kier alpha value is -1.02. The molecule has 1 aromatic heterocycles. The van der Waals surface area contributed by atoms with Crippen LogP contribution in [0.2, 0.25) is 0 Å². The molecule has 1 aliphatic heterocycles. The molecule has 2 rings (SSSR count).